The van der Waals surface area contributed by atoms with Crippen LogP contribution in [-0.2, 0) is 15.0 Å². The van der Waals surface area contributed by atoms with Crippen molar-refractivity contribution in [2.24, 2.45) is 0 Å². The lowest BCUT2D eigenvalue weighted by Gasteiger charge is -2.33. The molecule has 0 bridgehead atoms. The number of rotatable bonds is 2. The van der Waals surface area contributed by atoms with Crippen molar-refractivity contribution < 1.29 is 14.4 Å². The quantitative estimate of drug-likeness (QED) is 0.675. The molecular formula is C12H15N3O3. The highest BCUT2D eigenvalue weighted by atomic mass is 16.2. The van der Waals surface area contributed by atoms with Gasteiger partial charge in [0.05, 0.1) is 0 Å². The summed E-state index contributed by atoms with van der Waals surface area (Å²) in [6, 6.07) is 7.96. The number of benzene rings is 1. The van der Waals surface area contributed by atoms with Gasteiger partial charge in [-0.1, -0.05) is 37.3 Å². The molecule has 1 saturated heterocycles. The summed E-state index contributed by atoms with van der Waals surface area (Å²) in [6.07, 6.45) is 0.294. The van der Waals surface area contributed by atoms with Crippen LogP contribution in [0.25, 0.3) is 0 Å². The van der Waals surface area contributed by atoms with Crippen LogP contribution in [0.2, 0.25) is 0 Å². The van der Waals surface area contributed by atoms with E-state index in [4.69, 9.17) is 0 Å². The maximum absolute atomic E-state index is 12.0. The van der Waals surface area contributed by atoms with Gasteiger partial charge in [-0.2, -0.15) is 0 Å². The Hall–Kier alpha value is -2.21. The molecule has 96 valence electrons. The van der Waals surface area contributed by atoms with E-state index in [9.17, 15) is 14.4 Å². The number of urea groups is 1. The first kappa shape index (κ1) is 13.9. The molecule has 1 aromatic rings. The van der Waals surface area contributed by atoms with E-state index >= 15 is 0 Å². The molecule has 5 N–H and O–H groups in total. The number of nitrogens with one attached hydrogen (secondary N) is 2. The highest BCUT2D eigenvalue weighted by Gasteiger charge is 2.50. The molecule has 1 heterocycles. The van der Waals surface area contributed by atoms with E-state index in [1.54, 1.807) is 37.3 Å². The van der Waals surface area contributed by atoms with Gasteiger partial charge in [-0.05, 0) is 12.0 Å². The van der Waals surface area contributed by atoms with Crippen LogP contribution in [0.3, 0.4) is 0 Å². The third-order valence-electron chi connectivity index (χ3n) is 3.03. The molecule has 2 rings (SSSR count). The third-order valence-corrected chi connectivity index (χ3v) is 3.03. The summed E-state index contributed by atoms with van der Waals surface area (Å²) < 4.78 is 0. The Labute approximate surface area is 104 Å². The summed E-state index contributed by atoms with van der Waals surface area (Å²) in [5, 5.41) is 4.28. The number of barbiturate groups is 1. The second kappa shape index (κ2) is 4.97. The van der Waals surface area contributed by atoms with E-state index in [0.29, 0.717) is 12.0 Å². The topological polar surface area (TPSA) is 110 Å². The molecule has 0 aromatic heterocycles. The van der Waals surface area contributed by atoms with Crippen LogP contribution in [0, 0.1) is 0 Å². The van der Waals surface area contributed by atoms with Crippen LogP contribution in [0.15, 0.2) is 30.3 Å². The Bertz CT molecular complexity index is 465. The van der Waals surface area contributed by atoms with E-state index in [-0.39, 0.29) is 6.15 Å². The smallest absolute Gasteiger partial charge is 0.328 e. The summed E-state index contributed by atoms with van der Waals surface area (Å²) in [6.45, 7) is 1.74. The Morgan fingerprint density at radius 1 is 1.00 bits per heavy atom. The Morgan fingerprint density at radius 3 is 1.94 bits per heavy atom. The van der Waals surface area contributed by atoms with Gasteiger partial charge < -0.3 is 6.15 Å². The van der Waals surface area contributed by atoms with E-state index < -0.39 is 23.3 Å². The van der Waals surface area contributed by atoms with Crippen LogP contribution in [0.5, 0.6) is 0 Å². The average molecular weight is 249 g/mol. The molecule has 0 saturated carbocycles. The number of carbonyl (C=O) groups is 3. The van der Waals surface area contributed by atoms with Gasteiger partial charge in [0, 0.05) is 0 Å². The van der Waals surface area contributed by atoms with Gasteiger partial charge >= 0.3 is 6.03 Å². The fourth-order valence-electron chi connectivity index (χ4n) is 2.06. The molecule has 18 heavy (non-hydrogen) atoms. The fraction of sp³-hybridized carbons (Fsp3) is 0.250. The number of hydrogen-bond acceptors (Lipinski definition) is 4. The van der Waals surface area contributed by atoms with Gasteiger partial charge in [0.1, 0.15) is 0 Å². The molecular weight excluding hydrogens is 234 g/mol. The number of amides is 4. The lowest BCUT2D eigenvalue weighted by Crippen LogP contribution is -2.64. The first-order chi connectivity index (χ1) is 8.11. The molecule has 1 aliphatic heterocycles. The van der Waals surface area contributed by atoms with E-state index in [1.165, 1.54) is 0 Å². The Balaban J connectivity index is 0.00000162. The summed E-state index contributed by atoms with van der Waals surface area (Å²) in [5.41, 5.74) is -0.722. The van der Waals surface area contributed by atoms with Gasteiger partial charge in [-0.25, -0.2) is 4.79 Å². The highest BCUT2D eigenvalue weighted by Crippen LogP contribution is 2.30. The predicted octanol–water partition coefficient (Wildman–Crippen LogP) is 0.862. The summed E-state index contributed by atoms with van der Waals surface area (Å²) >= 11 is 0. The second-order valence-corrected chi connectivity index (χ2v) is 3.86. The molecule has 0 radical (unpaired) electrons. The molecule has 4 amide bonds. The molecule has 1 aromatic carbocycles. The zero-order valence-electron chi connectivity index (χ0n) is 10.0. The van der Waals surface area contributed by atoms with E-state index in [0.717, 1.165) is 0 Å². The zero-order valence-corrected chi connectivity index (χ0v) is 10.0. The van der Waals surface area contributed by atoms with Gasteiger partial charge in [-0.3, -0.25) is 20.2 Å². The molecule has 0 spiro atoms. The van der Waals surface area contributed by atoms with Crippen molar-refractivity contribution in [1.82, 2.24) is 16.8 Å². The van der Waals surface area contributed by atoms with Gasteiger partial charge in [0.15, 0.2) is 5.41 Å². The van der Waals surface area contributed by atoms with Crippen molar-refractivity contribution in [2.75, 3.05) is 0 Å². The van der Waals surface area contributed by atoms with Gasteiger partial charge in [0.2, 0.25) is 11.8 Å². The fourth-order valence-corrected chi connectivity index (χ4v) is 2.06. The van der Waals surface area contributed by atoms with E-state index in [1.807, 2.05) is 0 Å². The van der Waals surface area contributed by atoms with Crippen molar-refractivity contribution in [3.63, 3.8) is 0 Å². The Morgan fingerprint density at radius 2 is 1.50 bits per heavy atom. The van der Waals surface area contributed by atoms with Crippen LogP contribution in [0.1, 0.15) is 18.9 Å². The van der Waals surface area contributed by atoms with Gasteiger partial charge in [-0.15, -0.1) is 0 Å². The molecule has 6 nitrogen and oxygen atoms in total. The minimum absolute atomic E-state index is 0. The van der Waals surface area contributed by atoms with Crippen LogP contribution < -0.4 is 16.8 Å². The van der Waals surface area contributed by atoms with Crippen molar-refractivity contribution in [1.29, 1.82) is 0 Å². The third kappa shape index (κ3) is 1.86. The lowest BCUT2D eigenvalue weighted by molar-refractivity contribution is -0.138. The first-order valence-electron chi connectivity index (χ1n) is 5.33. The SMILES string of the molecule is CCC1(c2ccccc2)C(=O)NC(=O)NC1=O.N. The van der Waals surface area contributed by atoms with Crippen LogP contribution in [0.4, 0.5) is 4.79 Å². The maximum atomic E-state index is 12.0. The van der Waals surface area contributed by atoms with Crippen molar-refractivity contribution >= 4 is 17.8 Å². The molecule has 1 aliphatic rings. The molecule has 1 fully saturated rings. The minimum Gasteiger partial charge on any atom is -0.344 e. The van der Waals surface area contributed by atoms with E-state index in [2.05, 4.69) is 10.6 Å². The molecule has 6 heteroatoms. The average Bonchev–Trinajstić information content (AvgIpc) is 2.30. The lowest BCUT2D eigenvalue weighted by atomic mass is 9.75. The molecule has 0 aliphatic carbocycles. The first-order valence-corrected chi connectivity index (χ1v) is 5.33. The molecule has 0 atom stereocenters. The minimum atomic E-state index is -1.31. The molecule has 0 unspecified atom stereocenters. The normalized spacial score (nSPS) is 17.5. The number of carbonyl (C=O) groups excluding carboxylic acids is 3. The largest absolute Gasteiger partial charge is 0.344 e. The van der Waals surface area contributed by atoms with Crippen LogP contribution in [-0.4, -0.2) is 17.8 Å². The van der Waals surface area contributed by atoms with Crippen molar-refractivity contribution in [3.8, 4) is 0 Å². The van der Waals surface area contributed by atoms with Crippen molar-refractivity contribution in [3.05, 3.63) is 35.9 Å². The monoisotopic (exact) mass is 249 g/mol. The van der Waals surface area contributed by atoms with Crippen molar-refractivity contribution in [2.45, 2.75) is 18.8 Å². The second-order valence-electron chi connectivity index (χ2n) is 3.86. The number of imide groups is 2. The van der Waals surface area contributed by atoms with Crippen LogP contribution >= 0.6 is 0 Å². The predicted molar refractivity (Wildman–Crippen MR) is 65.1 cm³/mol. The zero-order chi connectivity index (χ0) is 12.5. The van der Waals surface area contributed by atoms with Gasteiger partial charge in [0.25, 0.3) is 0 Å². The summed E-state index contributed by atoms with van der Waals surface area (Å²) in [7, 11) is 0. The number of hydrogen-bond donors (Lipinski definition) is 3. The highest BCUT2D eigenvalue weighted by molar-refractivity contribution is 6.22. The Kier molecular flexibility index (Phi) is 3.82. The maximum Gasteiger partial charge on any atom is 0.328 e. The standard InChI is InChI=1S/C12H12N2O3.H3N/c1-2-12(8-6-4-3-5-7-8)9(15)13-11(17)14-10(12)16;/h3-7H,2H2,1H3,(H2,13,14,15,16,17);1H3. The summed E-state index contributed by atoms with van der Waals surface area (Å²) in [4.78, 5) is 35.0. The summed E-state index contributed by atoms with van der Waals surface area (Å²) in [5.74, 6) is -1.14.